The molecule has 1 N–H and O–H groups in total. The van der Waals surface area contributed by atoms with Gasteiger partial charge in [0.05, 0.1) is 11.1 Å². The van der Waals surface area contributed by atoms with Gasteiger partial charge in [-0.3, -0.25) is 0 Å². The maximum Gasteiger partial charge on any atom is 0.138 e. The zero-order valence-corrected chi connectivity index (χ0v) is 13.1. The van der Waals surface area contributed by atoms with E-state index in [2.05, 4.69) is 15.9 Å². The van der Waals surface area contributed by atoms with E-state index in [9.17, 15) is 9.50 Å². The van der Waals surface area contributed by atoms with Crippen LogP contribution in [0.1, 0.15) is 24.2 Å². The Morgan fingerprint density at radius 2 is 2.05 bits per heavy atom. The van der Waals surface area contributed by atoms with Crippen LogP contribution in [0.3, 0.4) is 0 Å². The lowest BCUT2D eigenvalue weighted by atomic mass is 10.1. The summed E-state index contributed by atoms with van der Waals surface area (Å²) in [6.07, 6.45) is -0.592. The molecule has 106 valence electrons. The highest BCUT2D eigenvalue weighted by Crippen LogP contribution is 2.29. The van der Waals surface area contributed by atoms with Gasteiger partial charge in [-0.1, -0.05) is 39.7 Å². The summed E-state index contributed by atoms with van der Waals surface area (Å²) >= 11 is 9.27. The fraction of sp³-hybridized carbons (Fsp3) is 0.200. The molecule has 2 aromatic rings. The monoisotopic (exact) mass is 358 g/mol. The molecule has 0 saturated carbocycles. The molecule has 0 aliphatic rings. The number of halogens is 3. The zero-order valence-electron chi connectivity index (χ0n) is 10.7. The summed E-state index contributed by atoms with van der Waals surface area (Å²) < 4.78 is 19.8. The molecule has 2 aromatic carbocycles. The molecule has 0 bridgehead atoms. The Labute approximate surface area is 130 Å². The van der Waals surface area contributed by atoms with Crippen LogP contribution in [0.15, 0.2) is 40.9 Å². The van der Waals surface area contributed by atoms with E-state index in [0.29, 0.717) is 26.4 Å². The fourth-order valence-corrected chi connectivity index (χ4v) is 2.26. The molecule has 0 heterocycles. The van der Waals surface area contributed by atoms with Gasteiger partial charge in [0.1, 0.15) is 18.2 Å². The van der Waals surface area contributed by atoms with E-state index in [1.165, 1.54) is 6.07 Å². The van der Waals surface area contributed by atoms with Crippen molar-refractivity contribution < 1.29 is 14.2 Å². The van der Waals surface area contributed by atoms with Crippen molar-refractivity contribution in [2.45, 2.75) is 19.6 Å². The minimum atomic E-state index is -0.592. The molecule has 0 saturated heterocycles. The first-order valence-corrected chi connectivity index (χ1v) is 7.18. The van der Waals surface area contributed by atoms with Crippen molar-refractivity contribution in [1.82, 2.24) is 0 Å². The van der Waals surface area contributed by atoms with Crippen LogP contribution in [0.2, 0.25) is 5.02 Å². The molecule has 0 unspecified atom stereocenters. The molecule has 1 atom stereocenters. The minimum Gasteiger partial charge on any atom is -0.487 e. The van der Waals surface area contributed by atoms with Gasteiger partial charge in [-0.05, 0) is 36.8 Å². The summed E-state index contributed by atoms with van der Waals surface area (Å²) in [5.74, 6) is 0.120. The summed E-state index contributed by atoms with van der Waals surface area (Å²) in [4.78, 5) is 0. The normalized spacial score (nSPS) is 12.2. The third-order valence-corrected chi connectivity index (χ3v) is 3.63. The Kier molecular flexibility index (Phi) is 5.02. The van der Waals surface area contributed by atoms with Crippen molar-refractivity contribution in [3.05, 3.63) is 62.8 Å². The van der Waals surface area contributed by atoms with Gasteiger partial charge in [0.2, 0.25) is 0 Å². The molecule has 0 spiro atoms. The molecular formula is C15H13BrClFO2. The van der Waals surface area contributed by atoms with E-state index in [0.717, 1.165) is 0 Å². The van der Waals surface area contributed by atoms with Gasteiger partial charge in [0, 0.05) is 10.0 Å². The van der Waals surface area contributed by atoms with Crippen molar-refractivity contribution >= 4 is 27.5 Å². The maximum atomic E-state index is 13.6. The number of rotatable bonds is 4. The Balaban J connectivity index is 2.11. The van der Waals surface area contributed by atoms with E-state index in [1.807, 2.05) is 0 Å². The Morgan fingerprint density at radius 1 is 1.30 bits per heavy atom. The molecule has 0 aromatic heterocycles. The van der Waals surface area contributed by atoms with Crippen molar-refractivity contribution in [2.75, 3.05) is 0 Å². The molecular weight excluding hydrogens is 347 g/mol. The van der Waals surface area contributed by atoms with Gasteiger partial charge in [0.25, 0.3) is 0 Å². The van der Waals surface area contributed by atoms with E-state index < -0.39 is 6.10 Å². The second-order valence-electron chi connectivity index (χ2n) is 4.39. The fourth-order valence-electron chi connectivity index (χ4n) is 1.69. The van der Waals surface area contributed by atoms with Gasteiger partial charge in [0.15, 0.2) is 0 Å². The Bertz CT molecular complexity index is 617. The summed E-state index contributed by atoms with van der Waals surface area (Å²) in [5.41, 5.74) is 1.15. The largest absolute Gasteiger partial charge is 0.487 e. The lowest BCUT2D eigenvalue weighted by Gasteiger charge is -2.11. The standard InChI is InChI=1S/C15H13BrClFO2/c1-9(19)10-3-5-15(13(17)6-10)20-8-11-2-4-12(16)7-14(11)18/h2-7,9,19H,8H2,1H3/t9-/m0/s1. The molecule has 2 nitrogen and oxygen atoms in total. The van der Waals surface area contributed by atoms with E-state index in [1.54, 1.807) is 37.3 Å². The van der Waals surface area contributed by atoms with Crippen LogP contribution in [-0.2, 0) is 6.61 Å². The first-order chi connectivity index (χ1) is 9.47. The van der Waals surface area contributed by atoms with E-state index >= 15 is 0 Å². The molecule has 5 heteroatoms. The van der Waals surface area contributed by atoms with Gasteiger partial charge in [-0.25, -0.2) is 4.39 Å². The van der Waals surface area contributed by atoms with Crippen LogP contribution in [0.4, 0.5) is 4.39 Å². The number of hydrogen-bond acceptors (Lipinski definition) is 2. The quantitative estimate of drug-likeness (QED) is 0.843. The lowest BCUT2D eigenvalue weighted by molar-refractivity contribution is 0.199. The Morgan fingerprint density at radius 3 is 2.65 bits per heavy atom. The predicted octanol–water partition coefficient (Wildman–Crippen LogP) is 4.87. The van der Waals surface area contributed by atoms with Crippen LogP contribution in [0, 0.1) is 5.82 Å². The molecule has 2 rings (SSSR count). The molecule has 0 aliphatic carbocycles. The number of benzene rings is 2. The summed E-state index contributed by atoms with van der Waals surface area (Å²) in [6, 6.07) is 9.82. The number of aliphatic hydroxyl groups is 1. The van der Waals surface area contributed by atoms with Crippen LogP contribution in [-0.4, -0.2) is 5.11 Å². The molecule has 0 radical (unpaired) electrons. The smallest absolute Gasteiger partial charge is 0.138 e. The van der Waals surface area contributed by atoms with Crippen molar-refractivity contribution in [2.24, 2.45) is 0 Å². The first kappa shape index (κ1) is 15.3. The third-order valence-electron chi connectivity index (χ3n) is 2.84. The summed E-state index contributed by atoms with van der Waals surface area (Å²) in [7, 11) is 0. The predicted molar refractivity (Wildman–Crippen MR) is 80.5 cm³/mol. The average Bonchev–Trinajstić information content (AvgIpc) is 2.38. The molecule has 0 aliphatic heterocycles. The van der Waals surface area contributed by atoms with Crippen LogP contribution in [0.25, 0.3) is 0 Å². The number of hydrogen-bond donors (Lipinski definition) is 1. The van der Waals surface area contributed by atoms with Gasteiger partial charge in [-0.2, -0.15) is 0 Å². The third kappa shape index (κ3) is 3.72. The van der Waals surface area contributed by atoms with Crippen LogP contribution >= 0.6 is 27.5 Å². The Hall–Kier alpha value is -1.10. The minimum absolute atomic E-state index is 0.0901. The highest BCUT2D eigenvalue weighted by molar-refractivity contribution is 9.10. The highest BCUT2D eigenvalue weighted by atomic mass is 79.9. The van der Waals surface area contributed by atoms with Gasteiger partial charge >= 0.3 is 0 Å². The topological polar surface area (TPSA) is 29.5 Å². The second kappa shape index (κ2) is 6.57. The number of aliphatic hydroxyl groups excluding tert-OH is 1. The van der Waals surface area contributed by atoms with Crippen molar-refractivity contribution in [3.63, 3.8) is 0 Å². The molecule has 0 fully saturated rings. The summed E-state index contributed by atoms with van der Waals surface area (Å²) in [6.45, 7) is 1.75. The molecule has 0 amide bonds. The van der Waals surface area contributed by atoms with E-state index in [4.69, 9.17) is 16.3 Å². The number of ether oxygens (including phenoxy) is 1. The average molecular weight is 360 g/mol. The van der Waals surface area contributed by atoms with Gasteiger partial charge < -0.3 is 9.84 Å². The van der Waals surface area contributed by atoms with Crippen LogP contribution < -0.4 is 4.74 Å². The maximum absolute atomic E-state index is 13.6. The van der Waals surface area contributed by atoms with Crippen LogP contribution in [0.5, 0.6) is 5.75 Å². The molecule has 20 heavy (non-hydrogen) atoms. The van der Waals surface area contributed by atoms with Crippen molar-refractivity contribution in [3.8, 4) is 5.75 Å². The second-order valence-corrected chi connectivity index (χ2v) is 5.71. The van der Waals surface area contributed by atoms with E-state index in [-0.39, 0.29) is 12.4 Å². The lowest BCUT2D eigenvalue weighted by Crippen LogP contribution is -1.99. The first-order valence-electron chi connectivity index (χ1n) is 6.01. The summed E-state index contributed by atoms with van der Waals surface area (Å²) in [5, 5.41) is 9.85. The van der Waals surface area contributed by atoms with Gasteiger partial charge in [-0.15, -0.1) is 0 Å². The SMILES string of the molecule is C[C@H](O)c1ccc(OCc2ccc(Br)cc2F)c(Cl)c1. The zero-order chi connectivity index (χ0) is 14.7. The van der Waals surface area contributed by atoms with Crippen molar-refractivity contribution in [1.29, 1.82) is 0 Å². The highest BCUT2D eigenvalue weighted by Gasteiger charge is 2.08.